The number of rotatable bonds is 2. The molecule has 1 aliphatic rings. The summed E-state index contributed by atoms with van der Waals surface area (Å²) in [5.74, 6) is 0.144. The topological polar surface area (TPSA) is 38.3 Å². The molecule has 0 saturated carbocycles. The molecule has 2 atom stereocenters. The molecule has 1 N–H and O–H groups in total. The van der Waals surface area contributed by atoms with E-state index >= 15 is 0 Å². The van der Waals surface area contributed by atoms with Crippen molar-refractivity contribution in [3.8, 4) is 0 Å². The van der Waals surface area contributed by atoms with Gasteiger partial charge in [0, 0.05) is 6.61 Å². The van der Waals surface area contributed by atoms with E-state index in [4.69, 9.17) is 16.3 Å². The Morgan fingerprint density at radius 3 is 3.00 bits per heavy atom. The van der Waals surface area contributed by atoms with Crippen molar-refractivity contribution in [2.75, 3.05) is 11.9 Å². The Bertz CT molecular complexity index is 439. The van der Waals surface area contributed by atoms with E-state index in [1.54, 1.807) is 18.2 Å². The zero-order valence-electron chi connectivity index (χ0n) is 9.37. The van der Waals surface area contributed by atoms with Crippen LogP contribution in [0, 0.1) is 5.92 Å². The lowest BCUT2D eigenvalue weighted by molar-refractivity contribution is -0.126. The van der Waals surface area contributed by atoms with E-state index in [1.165, 1.54) is 0 Å². The van der Waals surface area contributed by atoms with Crippen molar-refractivity contribution in [1.29, 1.82) is 0 Å². The number of hydrogen-bond acceptors (Lipinski definition) is 2. The third-order valence-electron chi connectivity index (χ3n) is 2.86. The van der Waals surface area contributed by atoms with E-state index in [2.05, 4.69) is 21.2 Å². The van der Waals surface area contributed by atoms with Crippen molar-refractivity contribution < 1.29 is 9.53 Å². The molecule has 0 spiro atoms. The monoisotopic (exact) mass is 317 g/mol. The molecular formula is C12H13BrClNO2. The normalized spacial score (nSPS) is 23.7. The first-order valence-corrected chi connectivity index (χ1v) is 6.63. The van der Waals surface area contributed by atoms with Gasteiger partial charge in [0.2, 0.25) is 0 Å². The summed E-state index contributed by atoms with van der Waals surface area (Å²) in [5.41, 5.74) is 0.671. The van der Waals surface area contributed by atoms with Gasteiger partial charge in [-0.1, -0.05) is 24.6 Å². The van der Waals surface area contributed by atoms with Crippen molar-refractivity contribution in [3.63, 3.8) is 0 Å². The highest BCUT2D eigenvalue weighted by Gasteiger charge is 2.31. The van der Waals surface area contributed by atoms with Gasteiger partial charge in [-0.25, -0.2) is 0 Å². The van der Waals surface area contributed by atoms with Gasteiger partial charge in [-0.2, -0.15) is 0 Å². The molecule has 0 aromatic heterocycles. The van der Waals surface area contributed by atoms with Crippen LogP contribution in [0.3, 0.4) is 0 Å². The molecule has 5 heteroatoms. The molecule has 92 valence electrons. The maximum atomic E-state index is 12.0. The second-order valence-electron chi connectivity index (χ2n) is 4.15. The molecule has 1 aromatic carbocycles. The van der Waals surface area contributed by atoms with E-state index in [9.17, 15) is 4.79 Å². The number of carbonyl (C=O) groups excluding carboxylic acids is 1. The number of nitrogens with one attached hydrogen (secondary N) is 1. The smallest absolute Gasteiger partial charge is 0.253 e. The Kier molecular flexibility index (Phi) is 4.07. The highest BCUT2D eigenvalue weighted by atomic mass is 79.9. The lowest BCUT2D eigenvalue weighted by atomic mass is 10.0. The molecule has 3 nitrogen and oxygen atoms in total. The van der Waals surface area contributed by atoms with Gasteiger partial charge in [-0.3, -0.25) is 4.79 Å². The molecule has 2 rings (SSSR count). The first kappa shape index (κ1) is 12.9. The zero-order valence-corrected chi connectivity index (χ0v) is 11.7. The summed E-state index contributed by atoms with van der Waals surface area (Å²) >= 11 is 9.30. The molecule has 17 heavy (non-hydrogen) atoms. The van der Waals surface area contributed by atoms with Crippen molar-refractivity contribution >= 4 is 39.1 Å². The summed E-state index contributed by atoms with van der Waals surface area (Å²) in [7, 11) is 0. The fraction of sp³-hybridized carbons (Fsp3) is 0.417. The molecule has 1 saturated heterocycles. The van der Waals surface area contributed by atoms with Gasteiger partial charge in [-0.05, 0) is 40.4 Å². The van der Waals surface area contributed by atoms with Crippen LogP contribution in [-0.4, -0.2) is 18.6 Å². The molecule has 1 heterocycles. The summed E-state index contributed by atoms with van der Waals surface area (Å²) in [6, 6.07) is 5.35. The van der Waals surface area contributed by atoms with Crippen LogP contribution >= 0.6 is 27.5 Å². The maximum absolute atomic E-state index is 12.0. The minimum Gasteiger partial charge on any atom is -0.368 e. The predicted molar refractivity (Wildman–Crippen MR) is 71.3 cm³/mol. The van der Waals surface area contributed by atoms with Crippen LogP contribution in [0.4, 0.5) is 5.69 Å². The Labute approximate surface area is 114 Å². The lowest BCUT2D eigenvalue weighted by Crippen LogP contribution is -2.31. The lowest BCUT2D eigenvalue weighted by Gasteiger charge is -2.15. The van der Waals surface area contributed by atoms with Crippen LogP contribution < -0.4 is 5.32 Å². The maximum Gasteiger partial charge on any atom is 0.253 e. The number of halogens is 2. The molecule has 0 radical (unpaired) electrons. The van der Waals surface area contributed by atoms with Crippen molar-refractivity contribution in [1.82, 2.24) is 0 Å². The van der Waals surface area contributed by atoms with Gasteiger partial charge in [0.1, 0.15) is 6.10 Å². The van der Waals surface area contributed by atoms with E-state index < -0.39 is 0 Å². The van der Waals surface area contributed by atoms with Gasteiger partial charge in [0.05, 0.1) is 15.2 Å². The first-order chi connectivity index (χ1) is 8.09. The molecule has 0 aliphatic carbocycles. The third kappa shape index (κ3) is 2.81. The molecule has 1 aliphatic heterocycles. The van der Waals surface area contributed by atoms with Crippen LogP contribution in [0.15, 0.2) is 22.7 Å². The minimum absolute atomic E-state index is 0.113. The first-order valence-electron chi connectivity index (χ1n) is 5.46. The average molecular weight is 319 g/mol. The Hall–Kier alpha value is -0.580. The molecule has 2 unspecified atom stereocenters. The highest BCUT2D eigenvalue weighted by molar-refractivity contribution is 9.10. The van der Waals surface area contributed by atoms with Crippen LogP contribution in [0.25, 0.3) is 0 Å². The van der Waals surface area contributed by atoms with Gasteiger partial charge in [0.15, 0.2) is 0 Å². The summed E-state index contributed by atoms with van der Waals surface area (Å²) in [6.45, 7) is 2.67. The van der Waals surface area contributed by atoms with Gasteiger partial charge < -0.3 is 10.1 Å². The average Bonchev–Trinajstić information content (AvgIpc) is 2.71. The van der Waals surface area contributed by atoms with Crippen molar-refractivity contribution in [2.24, 2.45) is 5.92 Å². The standard InChI is InChI=1S/C12H13BrClNO2/c1-7-5-6-17-11(7)12(16)15-9-4-2-3-8(14)10(9)13/h2-4,7,11H,5-6H2,1H3,(H,15,16). The molecular weight excluding hydrogens is 305 g/mol. The number of ether oxygens (including phenoxy) is 1. The molecule has 0 bridgehead atoms. The fourth-order valence-corrected chi connectivity index (χ4v) is 2.37. The van der Waals surface area contributed by atoms with Gasteiger partial charge in [0.25, 0.3) is 5.91 Å². The van der Waals surface area contributed by atoms with Gasteiger partial charge in [-0.15, -0.1) is 0 Å². The highest BCUT2D eigenvalue weighted by Crippen LogP contribution is 2.31. The second-order valence-corrected chi connectivity index (χ2v) is 5.35. The minimum atomic E-state index is -0.360. The quantitative estimate of drug-likeness (QED) is 0.907. The second kappa shape index (κ2) is 5.38. The molecule has 1 amide bonds. The zero-order chi connectivity index (χ0) is 12.4. The predicted octanol–water partition coefficient (Wildman–Crippen LogP) is 3.47. The summed E-state index contributed by atoms with van der Waals surface area (Å²) in [6.07, 6.45) is 0.565. The number of carbonyl (C=O) groups is 1. The number of anilines is 1. The van der Waals surface area contributed by atoms with Crippen LogP contribution in [0.2, 0.25) is 5.02 Å². The van der Waals surface area contributed by atoms with E-state index in [0.29, 0.717) is 21.8 Å². The van der Waals surface area contributed by atoms with Crippen LogP contribution in [-0.2, 0) is 9.53 Å². The number of amides is 1. The van der Waals surface area contributed by atoms with E-state index in [0.717, 1.165) is 6.42 Å². The van der Waals surface area contributed by atoms with Crippen molar-refractivity contribution in [3.05, 3.63) is 27.7 Å². The Balaban J connectivity index is 2.10. The molecule has 1 aromatic rings. The van der Waals surface area contributed by atoms with Gasteiger partial charge >= 0.3 is 0 Å². The summed E-state index contributed by atoms with van der Waals surface area (Å²) in [4.78, 5) is 12.0. The van der Waals surface area contributed by atoms with E-state index in [-0.39, 0.29) is 17.9 Å². The van der Waals surface area contributed by atoms with Crippen molar-refractivity contribution in [2.45, 2.75) is 19.4 Å². The van der Waals surface area contributed by atoms with Crippen LogP contribution in [0.5, 0.6) is 0 Å². The number of hydrogen-bond donors (Lipinski definition) is 1. The Morgan fingerprint density at radius 2 is 2.35 bits per heavy atom. The largest absolute Gasteiger partial charge is 0.368 e. The number of benzene rings is 1. The Morgan fingerprint density at radius 1 is 1.59 bits per heavy atom. The molecule has 1 fully saturated rings. The van der Waals surface area contributed by atoms with E-state index in [1.807, 2.05) is 6.92 Å². The van der Waals surface area contributed by atoms with Crippen LogP contribution in [0.1, 0.15) is 13.3 Å². The summed E-state index contributed by atoms with van der Waals surface area (Å²) < 4.78 is 6.10. The summed E-state index contributed by atoms with van der Waals surface area (Å²) in [5, 5.41) is 3.40. The SMILES string of the molecule is CC1CCOC1C(=O)Nc1cccc(Cl)c1Br. The third-order valence-corrected chi connectivity index (χ3v) is 4.25. The fourth-order valence-electron chi connectivity index (χ4n) is 1.83.